The summed E-state index contributed by atoms with van der Waals surface area (Å²) < 4.78 is 15.7. The monoisotopic (exact) mass is 368 g/mol. The van der Waals surface area contributed by atoms with E-state index in [1.54, 1.807) is 16.9 Å². The number of thiazole rings is 1. The molecule has 0 saturated heterocycles. The third-order valence-electron chi connectivity index (χ3n) is 3.98. The molecule has 0 N–H and O–H groups in total. The Morgan fingerprint density at radius 1 is 1.38 bits per heavy atom. The van der Waals surface area contributed by atoms with Crippen molar-refractivity contribution >= 4 is 27.5 Å². The maximum absolute atomic E-state index is 12.5. The molecule has 0 bridgehead atoms. The quantitative estimate of drug-likeness (QED) is 0.664. The van der Waals surface area contributed by atoms with Crippen LogP contribution in [0.4, 0.5) is 0 Å². The van der Waals surface area contributed by atoms with Crippen LogP contribution < -0.4 is 14.3 Å². The van der Waals surface area contributed by atoms with Gasteiger partial charge in [0.25, 0.3) is 5.91 Å². The summed E-state index contributed by atoms with van der Waals surface area (Å²) in [6, 6.07) is 5.44. The zero-order valence-electron chi connectivity index (χ0n) is 14.1. The van der Waals surface area contributed by atoms with Gasteiger partial charge in [-0.2, -0.15) is 10.1 Å². The Kier molecular flexibility index (Phi) is 4.22. The van der Waals surface area contributed by atoms with Crippen LogP contribution in [0, 0.1) is 12.3 Å². The smallest absolute Gasteiger partial charge is 0.300 e. The van der Waals surface area contributed by atoms with Crippen LogP contribution in [0.15, 0.2) is 29.4 Å². The number of nitrogens with zero attached hydrogens (tertiary/aromatic N) is 4. The van der Waals surface area contributed by atoms with E-state index in [-0.39, 0.29) is 0 Å². The summed E-state index contributed by atoms with van der Waals surface area (Å²) in [5, 5.41) is 4.21. The molecule has 1 aliphatic heterocycles. The number of fused-ring (bicyclic) bond motifs is 2. The standard InChI is InChI=1S/C18H16N4O3S/c1-3-6-22-13-10-14-15(25-9-8-24-14)11-16(13)26-18(22)19-17(23)12-5-7-21(4-2)20-12/h1,5,7,10-11H,4,6,8-9H2,2H3. The van der Waals surface area contributed by atoms with Crippen LogP contribution in [0.2, 0.25) is 0 Å². The van der Waals surface area contributed by atoms with E-state index in [0.717, 1.165) is 10.2 Å². The maximum atomic E-state index is 12.5. The third-order valence-corrected chi connectivity index (χ3v) is 5.02. The molecule has 1 aliphatic rings. The highest BCUT2D eigenvalue weighted by atomic mass is 32.1. The Labute approximate surface area is 153 Å². The number of carbonyl (C=O) groups excluding carboxylic acids is 1. The molecule has 7 nitrogen and oxygen atoms in total. The summed E-state index contributed by atoms with van der Waals surface area (Å²) in [7, 11) is 0. The fourth-order valence-corrected chi connectivity index (χ4v) is 3.77. The van der Waals surface area contributed by atoms with Crippen molar-refractivity contribution in [3.05, 3.63) is 34.9 Å². The zero-order valence-corrected chi connectivity index (χ0v) is 15.0. The molecule has 8 heteroatoms. The minimum Gasteiger partial charge on any atom is -0.486 e. The number of rotatable bonds is 3. The number of aryl methyl sites for hydroxylation is 1. The highest BCUT2D eigenvalue weighted by Gasteiger charge is 2.17. The summed E-state index contributed by atoms with van der Waals surface area (Å²) in [5.41, 5.74) is 1.17. The van der Waals surface area contributed by atoms with Gasteiger partial charge in [0.1, 0.15) is 13.2 Å². The molecule has 0 radical (unpaired) electrons. The number of hydrogen-bond donors (Lipinski definition) is 0. The number of carbonyl (C=O) groups is 1. The SMILES string of the molecule is C#CCn1c(=NC(=O)c2ccn(CC)n2)sc2cc3c(cc21)OCCO3. The van der Waals surface area contributed by atoms with Gasteiger partial charge < -0.3 is 14.0 Å². The van der Waals surface area contributed by atoms with Gasteiger partial charge in [0.15, 0.2) is 22.0 Å². The minimum absolute atomic E-state index is 0.301. The average molecular weight is 368 g/mol. The largest absolute Gasteiger partial charge is 0.486 e. The molecule has 0 unspecified atom stereocenters. The van der Waals surface area contributed by atoms with Gasteiger partial charge >= 0.3 is 0 Å². The number of aromatic nitrogens is 3. The molecule has 0 spiro atoms. The van der Waals surface area contributed by atoms with E-state index in [2.05, 4.69) is 16.0 Å². The first-order chi connectivity index (χ1) is 12.7. The van der Waals surface area contributed by atoms with Gasteiger partial charge in [-0.1, -0.05) is 17.3 Å². The number of ether oxygens (including phenoxy) is 2. The molecule has 3 heterocycles. The lowest BCUT2D eigenvalue weighted by molar-refractivity contribution is 0.0992. The second-order valence-electron chi connectivity index (χ2n) is 5.61. The molecule has 0 saturated carbocycles. The molecule has 0 fully saturated rings. The number of amides is 1. The Balaban J connectivity index is 1.84. The Hall–Kier alpha value is -3.05. The molecule has 4 rings (SSSR count). The van der Waals surface area contributed by atoms with Gasteiger partial charge in [0.05, 0.1) is 16.8 Å². The van der Waals surface area contributed by atoms with E-state index in [1.165, 1.54) is 11.3 Å². The lowest BCUT2D eigenvalue weighted by Gasteiger charge is -2.18. The fourth-order valence-electron chi connectivity index (χ4n) is 2.73. The molecular formula is C18H16N4O3S. The van der Waals surface area contributed by atoms with Crippen molar-refractivity contribution in [2.75, 3.05) is 13.2 Å². The van der Waals surface area contributed by atoms with E-state index in [4.69, 9.17) is 15.9 Å². The van der Waals surface area contributed by atoms with E-state index < -0.39 is 5.91 Å². The van der Waals surface area contributed by atoms with Crippen molar-refractivity contribution in [3.8, 4) is 23.8 Å². The molecule has 0 atom stereocenters. The van der Waals surface area contributed by atoms with Gasteiger partial charge in [-0.05, 0) is 13.0 Å². The van der Waals surface area contributed by atoms with Crippen molar-refractivity contribution in [2.24, 2.45) is 4.99 Å². The van der Waals surface area contributed by atoms with Crippen LogP contribution in [0.25, 0.3) is 10.2 Å². The van der Waals surface area contributed by atoms with Crippen LogP contribution in [0.5, 0.6) is 11.5 Å². The number of hydrogen-bond acceptors (Lipinski definition) is 5. The number of terminal acetylenes is 1. The van der Waals surface area contributed by atoms with Gasteiger partial charge in [-0.15, -0.1) is 6.42 Å². The second-order valence-corrected chi connectivity index (χ2v) is 6.62. The molecule has 132 valence electrons. The zero-order chi connectivity index (χ0) is 18.1. The Bertz CT molecular complexity index is 1100. The van der Waals surface area contributed by atoms with Crippen LogP contribution in [0.3, 0.4) is 0 Å². The van der Waals surface area contributed by atoms with Crippen LogP contribution in [-0.4, -0.2) is 33.5 Å². The van der Waals surface area contributed by atoms with Crippen molar-refractivity contribution in [3.63, 3.8) is 0 Å². The molecule has 1 aromatic carbocycles. The maximum Gasteiger partial charge on any atom is 0.300 e. The van der Waals surface area contributed by atoms with Gasteiger partial charge in [0, 0.05) is 24.9 Å². The molecule has 26 heavy (non-hydrogen) atoms. The molecule has 1 amide bonds. The van der Waals surface area contributed by atoms with Crippen LogP contribution >= 0.6 is 11.3 Å². The summed E-state index contributed by atoms with van der Waals surface area (Å²) in [6.45, 7) is 3.97. The normalized spacial score (nSPS) is 13.8. The highest BCUT2D eigenvalue weighted by Crippen LogP contribution is 2.35. The van der Waals surface area contributed by atoms with E-state index in [0.29, 0.717) is 48.3 Å². The first-order valence-electron chi connectivity index (χ1n) is 8.18. The first kappa shape index (κ1) is 16.4. The molecule has 3 aromatic rings. The minimum atomic E-state index is -0.396. The summed E-state index contributed by atoms with van der Waals surface area (Å²) in [6.07, 6.45) is 7.27. The van der Waals surface area contributed by atoms with Crippen LogP contribution in [-0.2, 0) is 13.1 Å². The molecule has 0 aliphatic carbocycles. The Morgan fingerprint density at radius 3 is 2.85 bits per heavy atom. The van der Waals surface area contributed by atoms with Crippen molar-refractivity contribution in [2.45, 2.75) is 20.0 Å². The molecular weight excluding hydrogens is 352 g/mol. The predicted molar refractivity (Wildman–Crippen MR) is 97.4 cm³/mol. The second kappa shape index (κ2) is 6.69. The van der Waals surface area contributed by atoms with Gasteiger partial charge in [-0.3, -0.25) is 9.48 Å². The van der Waals surface area contributed by atoms with E-state index in [1.807, 2.05) is 23.6 Å². The van der Waals surface area contributed by atoms with E-state index >= 15 is 0 Å². The first-order valence-corrected chi connectivity index (χ1v) is 9.00. The highest BCUT2D eigenvalue weighted by molar-refractivity contribution is 7.16. The van der Waals surface area contributed by atoms with Crippen LogP contribution in [0.1, 0.15) is 17.4 Å². The summed E-state index contributed by atoms with van der Waals surface area (Å²) >= 11 is 1.38. The van der Waals surface area contributed by atoms with Gasteiger partial charge in [0.2, 0.25) is 0 Å². The lowest BCUT2D eigenvalue weighted by Crippen LogP contribution is -2.17. The fraction of sp³-hybridized carbons (Fsp3) is 0.278. The summed E-state index contributed by atoms with van der Waals surface area (Å²) in [5.74, 6) is 3.58. The predicted octanol–water partition coefficient (Wildman–Crippen LogP) is 2.06. The third kappa shape index (κ3) is 2.86. The average Bonchev–Trinajstić information content (AvgIpc) is 3.26. The van der Waals surface area contributed by atoms with Gasteiger partial charge in [-0.25, -0.2) is 0 Å². The molecule has 2 aromatic heterocycles. The number of benzene rings is 1. The van der Waals surface area contributed by atoms with Crippen molar-refractivity contribution < 1.29 is 14.3 Å². The van der Waals surface area contributed by atoms with E-state index in [9.17, 15) is 4.79 Å². The summed E-state index contributed by atoms with van der Waals surface area (Å²) in [4.78, 5) is 17.3. The van der Waals surface area contributed by atoms with Crippen molar-refractivity contribution in [1.29, 1.82) is 0 Å². The Morgan fingerprint density at radius 2 is 2.15 bits per heavy atom. The van der Waals surface area contributed by atoms with Crippen molar-refractivity contribution in [1.82, 2.24) is 14.3 Å². The topological polar surface area (TPSA) is 70.6 Å². The lowest BCUT2D eigenvalue weighted by atomic mass is 10.2.